The van der Waals surface area contributed by atoms with Crippen LogP contribution in [0.1, 0.15) is 44.7 Å². The lowest BCUT2D eigenvalue weighted by molar-refractivity contribution is -0.140. The van der Waals surface area contributed by atoms with Crippen LogP contribution < -0.4 is 9.62 Å². The molecule has 3 aromatic rings. The van der Waals surface area contributed by atoms with Crippen molar-refractivity contribution in [3.05, 3.63) is 95.0 Å². The zero-order chi connectivity index (χ0) is 28.6. The van der Waals surface area contributed by atoms with Gasteiger partial charge in [0.15, 0.2) is 0 Å². The second kappa shape index (κ2) is 13.6. The predicted octanol–water partition coefficient (Wildman–Crippen LogP) is 5.57. The molecule has 0 heterocycles. The van der Waals surface area contributed by atoms with Crippen molar-refractivity contribution in [2.24, 2.45) is 0 Å². The van der Waals surface area contributed by atoms with E-state index in [2.05, 4.69) is 5.32 Å². The Balaban J connectivity index is 2.03. The van der Waals surface area contributed by atoms with Gasteiger partial charge in [-0.3, -0.25) is 13.9 Å². The van der Waals surface area contributed by atoms with E-state index in [0.29, 0.717) is 17.1 Å². The first-order valence-corrected chi connectivity index (χ1v) is 14.9. The highest BCUT2D eigenvalue weighted by molar-refractivity contribution is 7.92. The molecule has 0 saturated carbocycles. The number of amides is 2. The molecule has 3 rings (SSSR count). The van der Waals surface area contributed by atoms with Crippen molar-refractivity contribution in [3.8, 4) is 0 Å². The molecule has 39 heavy (non-hydrogen) atoms. The molecule has 0 spiro atoms. The molecule has 0 bridgehead atoms. The summed E-state index contributed by atoms with van der Waals surface area (Å²) in [5, 5.41) is 3.53. The number of halogens is 1. The van der Waals surface area contributed by atoms with Crippen LogP contribution in [0.2, 0.25) is 5.02 Å². The number of carbonyl (C=O) groups is 2. The molecule has 3 aromatic carbocycles. The number of carbonyl (C=O) groups excluding carboxylic acids is 2. The van der Waals surface area contributed by atoms with Crippen LogP contribution in [0.5, 0.6) is 0 Å². The first-order chi connectivity index (χ1) is 18.6. The van der Waals surface area contributed by atoms with Gasteiger partial charge in [0.1, 0.15) is 12.6 Å². The van der Waals surface area contributed by atoms with Crippen LogP contribution in [0.25, 0.3) is 0 Å². The Bertz CT molecular complexity index is 1350. The van der Waals surface area contributed by atoms with Crippen molar-refractivity contribution in [2.45, 2.75) is 64.1 Å². The summed E-state index contributed by atoms with van der Waals surface area (Å²) in [6, 6.07) is 21.1. The van der Waals surface area contributed by atoms with Crippen molar-refractivity contribution < 1.29 is 18.0 Å². The van der Waals surface area contributed by atoms with Crippen LogP contribution in [0.3, 0.4) is 0 Å². The van der Waals surface area contributed by atoms with E-state index < -0.39 is 28.5 Å². The number of sulfonamides is 1. The van der Waals surface area contributed by atoms with E-state index in [-0.39, 0.29) is 23.4 Å². The Morgan fingerprint density at radius 2 is 1.51 bits per heavy atom. The Morgan fingerprint density at radius 3 is 2.08 bits per heavy atom. The van der Waals surface area contributed by atoms with Crippen LogP contribution >= 0.6 is 11.6 Å². The SMILES string of the molecule is CC[C@@H](C)NC(=O)[C@H](CC)N(Cc1ccc(Cl)cc1)C(=O)CN(c1ccc(C)cc1)S(=O)(=O)c1ccccc1. The van der Waals surface area contributed by atoms with Crippen molar-refractivity contribution in [1.82, 2.24) is 10.2 Å². The highest BCUT2D eigenvalue weighted by Gasteiger charge is 2.33. The molecule has 9 heteroatoms. The van der Waals surface area contributed by atoms with E-state index in [1.165, 1.54) is 17.0 Å². The molecule has 1 N–H and O–H groups in total. The molecule has 0 aliphatic rings. The van der Waals surface area contributed by atoms with Gasteiger partial charge < -0.3 is 10.2 Å². The molecule has 2 amide bonds. The summed E-state index contributed by atoms with van der Waals surface area (Å²) < 4.78 is 28.7. The van der Waals surface area contributed by atoms with Crippen molar-refractivity contribution in [2.75, 3.05) is 10.8 Å². The van der Waals surface area contributed by atoms with Gasteiger partial charge in [-0.2, -0.15) is 0 Å². The van der Waals surface area contributed by atoms with Gasteiger partial charge in [0.25, 0.3) is 10.0 Å². The molecule has 0 unspecified atom stereocenters. The number of nitrogens with one attached hydrogen (secondary N) is 1. The van der Waals surface area contributed by atoms with Gasteiger partial charge in [-0.25, -0.2) is 8.42 Å². The van der Waals surface area contributed by atoms with Crippen LogP contribution in [-0.2, 0) is 26.2 Å². The number of hydrogen-bond acceptors (Lipinski definition) is 4. The Kier molecular flexibility index (Phi) is 10.5. The van der Waals surface area contributed by atoms with Gasteiger partial charge in [-0.15, -0.1) is 0 Å². The van der Waals surface area contributed by atoms with Crippen LogP contribution in [0.4, 0.5) is 5.69 Å². The zero-order valence-corrected chi connectivity index (χ0v) is 24.4. The van der Waals surface area contributed by atoms with Crippen molar-refractivity contribution in [1.29, 1.82) is 0 Å². The minimum absolute atomic E-state index is 0.0680. The standard InChI is InChI=1S/C30H36ClN3O4S/c1-5-23(4)32-30(36)28(6-2)33(20-24-14-16-25(31)17-15-24)29(35)21-34(26-18-12-22(3)13-19-26)39(37,38)27-10-8-7-9-11-27/h7-19,23,28H,5-6,20-21H2,1-4H3,(H,32,36)/t23-,28+/m1/s1. The molecule has 0 aliphatic carbocycles. The maximum Gasteiger partial charge on any atom is 0.264 e. The predicted molar refractivity (Wildman–Crippen MR) is 156 cm³/mol. The minimum Gasteiger partial charge on any atom is -0.352 e. The fraction of sp³-hybridized carbons (Fsp3) is 0.333. The van der Waals surface area contributed by atoms with E-state index in [1.807, 2.05) is 27.7 Å². The van der Waals surface area contributed by atoms with Gasteiger partial charge in [0.2, 0.25) is 11.8 Å². The molecule has 0 aromatic heterocycles. The molecule has 2 atom stereocenters. The second-order valence-corrected chi connectivity index (χ2v) is 11.8. The van der Waals surface area contributed by atoms with Crippen molar-refractivity contribution >= 4 is 39.1 Å². The third-order valence-electron chi connectivity index (χ3n) is 6.59. The minimum atomic E-state index is -4.08. The average molecular weight is 570 g/mol. The first kappa shape index (κ1) is 30.2. The van der Waals surface area contributed by atoms with E-state index in [0.717, 1.165) is 21.9 Å². The lowest BCUT2D eigenvalue weighted by Gasteiger charge is -2.33. The van der Waals surface area contributed by atoms with Crippen molar-refractivity contribution in [3.63, 3.8) is 0 Å². The lowest BCUT2D eigenvalue weighted by Crippen LogP contribution is -2.53. The van der Waals surface area contributed by atoms with Gasteiger partial charge in [0.05, 0.1) is 10.6 Å². The molecule has 0 fully saturated rings. The smallest absolute Gasteiger partial charge is 0.264 e. The number of nitrogens with zero attached hydrogens (tertiary/aromatic N) is 2. The topological polar surface area (TPSA) is 86.8 Å². The van der Waals surface area contributed by atoms with Crippen LogP contribution in [0, 0.1) is 6.92 Å². The number of anilines is 1. The van der Waals surface area contributed by atoms with E-state index in [1.54, 1.807) is 66.7 Å². The summed E-state index contributed by atoms with van der Waals surface area (Å²) in [5.41, 5.74) is 2.09. The highest BCUT2D eigenvalue weighted by atomic mass is 35.5. The maximum absolute atomic E-state index is 14.0. The number of benzene rings is 3. The molecule has 0 saturated heterocycles. The monoisotopic (exact) mass is 569 g/mol. The van der Waals surface area contributed by atoms with Gasteiger partial charge >= 0.3 is 0 Å². The number of rotatable bonds is 12. The zero-order valence-electron chi connectivity index (χ0n) is 22.8. The van der Waals surface area contributed by atoms with E-state index in [9.17, 15) is 18.0 Å². The summed E-state index contributed by atoms with van der Waals surface area (Å²) in [5.74, 6) is -0.766. The molecule has 208 valence electrons. The van der Waals surface area contributed by atoms with E-state index in [4.69, 9.17) is 11.6 Å². The molecule has 0 aliphatic heterocycles. The number of hydrogen-bond donors (Lipinski definition) is 1. The Hall–Kier alpha value is -3.36. The summed E-state index contributed by atoms with van der Waals surface area (Å²) >= 11 is 6.06. The normalized spacial score (nSPS) is 12.8. The fourth-order valence-electron chi connectivity index (χ4n) is 4.11. The van der Waals surface area contributed by atoms with Crippen LogP contribution in [-0.4, -0.2) is 43.8 Å². The average Bonchev–Trinajstić information content (AvgIpc) is 2.93. The molecular formula is C30H36ClN3O4S. The summed E-state index contributed by atoms with van der Waals surface area (Å²) in [4.78, 5) is 28.8. The second-order valence-electron chi connectivity index (χ2n) is 9.55. The quantitative estimate of drug-likeness (QED) is 0.309. The van der Waals surface area contributed by atoms with Gasteiger partial charge in [-0.05, 0) is 68.7 Å². The maximum atomic E-state index is 14.0. The third-order valence-corrected chi connectivity index (χ3v) is 8.63. The van der Waals surface area contributed by atoms with E-state index >= 15 is 0 Å². The molecule has 0 radical (unpaired) electrons. The third kappa shape index (κ3) is 7.83. The lowest BCUT2D eigenvalue weighted by atomic mass is 10.1. The Labute approximate surface area is 236 Å². The van der Waals surface area contributed by atoms with Gasteiger partial charge in [-0.1, -0.05) is 73.5 Å². The van der Waals surface area contributed by atoms with Gasteiger partial charge in [0, 0.05) is 17.6 Å². The fourth-order valence-corrected chi connectivity index (χ4v) is 5.67. The largest absolute Gasteiger partial charge is 0.352 e. The summed E-state index contributed by atoms with van der Waals surface area (Å²) in [6.45, 7) is 7.26. The number of aryl methyl sites for hydroxylation is 1. The summed E-state index contributed by atoms with van der Waals surface area (Å²) in [7, 11) is -4.08. The first-order valence-electron chi connectivity index (χ1n) is 13.1. The van der Waals surface area contributed by atoms with Crippen LogP contribution in [0.15, 0.2) is 83.8 Å². The highest BCUT2D eigenvalue weighted by Crippen LogP contribution is 2.25. The molecular weight excluding hydrogens is 534 g/mol. The Morgan fingerprint density at radius 1 is 0.897 bits per heavy atom. The molecule has 7 nitrogen and oxygen atoms in total. The summed E-state index contributed by atoms with van der Waals surface area (Å²) in [6.07, 6.45) is 1.10.